The number of amides is 2. The highest BCUT2D eigenvalue weighted by Crippen LogP contribution is 2.26. The molecule has 3 rings (SSSR count). The number of carbonyl (C=O) groups excluding carboxylic acids is 2. The molecule has 0 unspecified atom stereocenters. The van der Waals surface area contributed by atoms with E-state index in [2.05, 4.69) is 10.4 Å². The van der Waals surface area contributed by atoms with Crippen LogP contribution >= 0.6 is 0 Å². The van der Waals surface area contributed by atoms with E-state index in [0.29, 0.717) is 24.7 Å². The van der Waals surface area contributed by atoms with Crippen LogP contribution in [0.15, 0.2) is 36.4 Å². The molecule has 2 amide bonds. The van der Waals surface area contributed by atoms with E-state index in [0.717, 1.165) is 5.56 Å². The molecule has 138 valence electrons. The molecule has 0 saturated heterocycles. The lowest BCUT2D eigenvalue weighted by Gasteiger charge is -2.23. The van der Waals surface area contributed by atoms with Crippen molar-refractivity contribution in [1.29, 1.82) is 0 Å². The topological polar surface area (TPSA) is 85.7 Å². The molecule has 1 aromatic carbocycles. The van der Waals surface area contributed by atoms with Crippen molar-refractivity contribution in [3.05, 3.63) is 42.0 Å². The van der Waals surface area contributed by atoms with Crippen molar-refractivity contribution in [3.8, 4) is 0 Å². The van der Waals surface area contributed by atoms with Gasteiger partial charge < -0.3 is 9.47 Å². The first-order valence-electron chi connectivity index (χ1n) is 8.38. The maximum absolute atomic E-state index is 12.3. The van der Waals surface area contributed by atoms with Crippen LogP contribution in [0.25, 0.3) is 0 Å². The van der Waals surface area contributed by atoms with Gasteiger partial charge in [0.05, 0.1) is 13.1 Å². The largest absolute Gasteiger partial charge is 0.444 e. The lowest BCUT2D eigenvalue weighted by molar-refractivity contribution is 0.0584. The molecule has 1 N–H and O–H groups in total. The maximum Gasteiger partial charge on any atom is 0.416 e. The van der Waals surface area contributed by atoms with Crippen LogP contribution in [0, 0.1) is 0 Å². The highest BCUT2D eigenvalue weighted by atomic mass is 16.6. The molecule has 2 heterocycles. The minimum atomic E-state index is -0.602. The molecule has 1 aliphatic rings. The Morgan fingerprint density at radius 2 is 1.92 bits per heavy atom. The van der Waals surface area contributed by atoms with Crippen molar-refractivity contribution < 1.29 is 19.1 Å². The van der Waals surface area contributed by atoms with E-state index < -0.39 is 17.8 Å². The fourth-order valence-electron chi connectivity index (χ4n) is 2.52. The van der Waals surface area contributed by atoms with Crippen molar-refractivity contribution in [2.75, 3.05) is 16.8 Å². The summed E-state index contributed by atoms with van der Waals surface area (Å²) in [5.74, 6) is 0.906. The third-order valence-electron chi connectivity index (χ3n) is 3.63. The zero-order valence-corrected chi connectivity index (χ0v) is 15.1. The molecular weight excluding hydrogens is 336 g/mol. The van der Waals surface area contributed by atoms with Gasteiger partial charge in [-0.25, -0.2) is 14.3 Å². The molecule has 8 nitrogen and oxygen atoms in total. The van der Waals surface area contributed by atoms with Crippen molar-refractivity contribution in [3.63, 3.8) is 0 Å². The number of nitrogens with zero attached hydrogens (tertiary/aromatic N) is 3. The van der Waals surface area contributed by atoms with Gasteiger partial charge in [-0.1, -0.05) is 30.3 Å². The Balaban J connectivity index is 1.59. The van der Waals surface area contributed by atoms with Crippen LogP contribution in [0.5, 0.6) is 0 Å². The third-order valence-corrected chi connectivity index (χ3v) is 3.63. The molecule has 2 aromatic rings. The predicted octanol–water partition coefficient (Wildman–Crippen LogP) is 3.39. The van der Waals surface area contributed by atoms with Gasteiger partial charge in [0.1, 0.15) is 18.0 Å². The predicted molar refractivity (Wildman–Crippen MR) is 96.1 cm³/mol. The molecule has 1 aromatic heterocycles. The second kappa shape index (κ2) is 7.07. The van der Waals surface area contributed by atoms with Crippen molar-refractivity contribution in [2.45, 2.75) is 39.5 Å². The van der Waals surface area contributed by atoms with Crippen LogP contribution in [0.2, 0.25) is 0 Å². The van der Waals surface area contributed by atoms with Crippen LogP contribution in [0.1, 0.15) is 26.3 Å². The second-order valence-electron chi connectivity index (χ2n) is 6.93. The van der Waals surface area contributed by atoms with E-state index in [-0.39, 0.29) is 6.61 Å². The monoisotopic (exact) mass is 358 g/mol. The third kappa shape index (κ3) is 4.33. The molecule has 0 fully saturated rings. The number of ether oxygens (including phenoxy) is 2. The van der Waals surface area contributed by atoms with Gasteiger partial charge >= 0.3 is 12.2 Å². The maximum atomic E-state index is 12.3. The Morgan fingerprint density at radius 3 is 2.62 bits per heavy atom. The quantitative estimate of drug-likeness (QED) is 0.909. The summed E-state index contributed by atoms with van der Waals surface area (Å²) in [6.45, 7) is 6.63. The van der Waals surface area contributed by atoms with Crippen LogP contribution in [-0.2, 0) is 22.6 Å². The number of fused-ring (bicyclic) bond motifs is 1. The Kier molecular flexibility index (Phi) is 4.83. The highest BCUT2D eigenvalue weighted by molar-refractivity contribution is 5.90. The fraction of sp³-hybridized carbons (Fsp3) is 0.389. The SMILES string of the molecule is CC(C)(C)OC(=O)N1CCn2nc(NC(=O)OCc3ccccc3)cc21. The summed E-state index contributed by atoms with van der Waals surface area (Å²) >= 11 is 0. The molecule has 0 saturated carbocycles. The molecule has 0 spiro atoms. The zero-order chi connectivity index (χ0) is 18.7. The number of aromatic nitrogens is 2. The van der Waals surface area contributed by atoms with Gasteiger partial charge in [-0.05, 0) is 26.3 Å². The van der Waals surface area contributed by atoms with Gasteiger partial charge in [-0.2, -0.15) is 5.10 Å². The van der Waals surface area contributed by atoms with Gasteiger partial charge in [0.15, 0.2) is 5.82 Å². The summed E-state index contributed by atoms with van der Waals surface area (Å²) in [6.07, 6.45) is -1.04. The van der Waals surface area contributed by atoms with Crippen molar-refractivity contribution >= 4 is 23.8 Å². The first kappa shape index (κ1) is 17.8. The summed E-state index contributed by atoms with van der Waals surface area (Å²) in [6, 6.07) is 11.0. The van der Waals surface area contributed by atoms with Gasteiger partial charge in [0.25, 0.3) is 0 Å². The van der Waals surface area contributed by atoms with Gasteiger partial charge in [0.2, 0.25) is 0 Å². The number of anilines is 2. The number of nitrogens with one attached hydrogen (secondary N) is 1. The number of hydrogen-bond donors (Lipinski definition) is 1. The van der Waals surface area contributed by atoms with Gasteiger partial charge in [-0.3, -0.25) is 10.2 Å². The molecule has 8 heteroatoms. The lowest BCUT2D eigenvalue weighted by Crippen LogP contribution is -2.35. The normalized spacial score (nSPS) is 13.3. The average Bonchev–Trinajstić information content (AvgIpc) is 3.12. The number of rotatable bonds is 3. The summed E-state index contributed by atoms with van der Waals surface area (Å²) in [5.41, 5.74) is 0.318. The summed E-state index contributed by atoms with van der Waals surface area (Å²) in [7, 11) is 0. The van der Waals surface area contributed by atoms with E-state index in [4.69, 9.17) is 9.47 Å². The molecule has 0 radical (unpaired) electrons. The van der Waals surface area contributed by atoms with E-state index in [9.17, 15) is 9.59 Å². The minimum Gasteiger partial charge on any atom is -0.444 e. The standard InChI is InChI=1S/C18H22N4O4/c1-18(2,3)26-17(24)21-9-10-22-15(21)11-14(20-22)19-16(23)25-12-13-7-5-4-6-8-13/h4-8,11H,9-10,12H2,1-3H3,(H,19,20,23). The molecular formula is C18H22N4O4. The average molecular weight is 358 g/mol. The summed E-state index contributed by atoms with van der Waals surface area (Å²) in [5, 5.41) is 6.85. The molecule has 0 atom stereocenters. The van der Waals surface area contributed by atoms with Crippen LogP contribution < -0.4 is 10.2 Å². The summed E-state index contributed by atoms with van der Waals surface area (Å²) < 4.78 is 12.2. The van der Waals surface area contributed by atoms with Gasteiger partial charge in [0, 0.05) is 6.07 Å². The number of hydrogen-bond acceptors (Lipinski definition) is 5. The highest BCUT2D eigenvalue weighted by Gasteiger charge is 2.30. The Morgan fingerprint density at radius 1 is 1.19 bits per heavy atom. The van der Waals surface area contributed by atoms with Crippen molar-refractivity contribution in [1.82, 2.24) is 9.78 Å². The molecule has 0 bridgehead atoms. The van der Waals surface area contributed by atoms with Crippen molar-refractivity contribution in [2.24, 2.45) is 0 Å². The van der Waals surface area contributed by atoms with E-state index in [1.807, 2.05) is 51.1 Å². The fourth-order valence-corrected chi connectivity index (χ4v) is 2.52. The van der Waals surface area contributed by atoms with E-state index in [1.165, 1.54) is 4.90 Å². The first-order chi connectivity index (χ1) is 12.3. The molecule has 26 heavy (non-hydrogen) atoms. The second-order valence-corrected chi connectivity index (χ2v) is 6.93. The zero-order valence-electron chi connectivity index (χ0n) is 15.1. The number of benzene rings is 1. The number of carbonyl (C=O) groups is 2. The smallest absolute Gasteiger partial charge is 0.416 e. The summed E-state index contributed by atoms with van der Waals surface area (Å²) in [4.78, 5) is 25.7. The Hall–Kier alpha value is -3.03. The Bertz CT molecular complexity index is 795. The van der Waals surface area contributed by atoms with E-state index >= 15 is 0 Å². The van der Waals surface area contributed by atoms with Crippen LogP contribution in [0.3, 0.4) is 0 Å². The molecule has 0 aliphatic carbocycles. The molecule has 1 aliphatic heterocycles. The Labute approximate surface area is 151 Å². The van der Waals surface area contributed by atoms with Gasteiger partial charge in [-0.15, -0.1) is 0 Å². The first-order valence-corrected chi connectivity index (χ1v) is 8.38. The minimum absolute atomic E-state index is 0.171. The van der Waals surface area contributed by atoms with Crippen LogP contribution in [-0.4, -0.2) is 34.1 Å². The van der Waals surface area contributed by atoms with E-state index in [1.54, 1.807) is 10.7 Å². The van der Waals surface area contributed by atoms with Crippen LogP contribution in [0.4, 0.5) is 21.2 Å². The lowest BCUT2D eigenvalue weighted by atomic mass is 10.2.